The Morgan fingerprint density at radius 1 is 1.06 bits per heavy atom. The van der Waals surface area contributed by atoms with Crippen molar-refractivity contribution in [2.24, 2.45) is 0 Å². The number of aromatic nitrogens is 2. The number of pyridine rings is 2. The van der Waals surface area contributed by atoms with E-state index in [0.29, 0.717) is 12.5 Å². The molecule has 0 aliphatic carbocycles. The van der Waals surface area contributed by atoms with Crippen molar-refractivity contribution in [3.63, 3.8) is 0 Å². The molecule has 0 saturated carbocycles. The number of nitrogens with zero attached hydrogens (tertiary/aromatic N) is 2. The minimum Gasteiger partial charge on any atom is -0.384 e. The number of anilines is 1. The molecule has 11 heteroatoms. The molecule has 3 aromatic rings. The van der Waals surface area contributed by atoms with Gasteiger partial charge in [-0.15, -0.1) is 0 Å². The number of aliphatic hydroxyl groups is 1. The number of ether oxygens (including phenoxy) is 1. The van der Waals surface area contributed by atoms with Crippen LogP contribution in [-0.2, 0) is 20.2 Å². The molecule has 7 nitrogen and oxygen atoms in total. The molecule has 0 bridgehead atoms. The molecule has 0 spiro atoms. The predicted molar refractivity (Wildman–Crippen MR) is 118 cm³/mol. The van der Waals surface area contributed by atoms with Gasteiger partial charge in [-0.05, 0) is 37.3 Å². The standard InChI is InChI=1S/C23H20F3N3O4S/c1-22(30,23(24,25)26)17-12-16(4-3-11-33-2)21(29-13-17)15-5-7-18(8-6-15)34(31,32)19-9-10-20(27)28-14-19/h5-10,12-14,30H,11H2,1-2H3,(H2,27,28)/t22-/m1/s1. The molecule has 0 aliphatic rings. The molecule has 1 aromatic carbocycles. The highest BCUT2D eigenvalue weighted by Crippen LogP contribution is 2.39. The lowest BCUT2D eigenvalue weighted by atomic mass is 9.94. The van der Waals surface area contributed by atoms with Crippen LogP contribution in [0.1, 0.15) is 18.1 Å². The van der Waals surface area contributed by atoms with Crippen LogP contribution in [0.25, 0.3) is 11.3 Å². The smallest absolute Gasteiger partial charge is 0.384 e. The fourth-order valence-electron chi connectivity index (χ4n) is 2.90. The molecule has 178 valence electrons. The molecule has 2 aromatic heterocycles. The van der Waals surface area contributed by atoms with Crippen molar-refractivity contribution < 1.29 is 31.4 Å². The zero-order valence-electron chi connectivity index (χ0n) is 18.1. The molecule has 3 rings (SSSR count). The summed E-state index contributed by atoms with van der Waals surface area (Å²) in [6.07, 6.45) is -2.87. The first-order valence-corrected chi connectivity index (χ1v) is 11.2. The average molecular weight is 491 g/mol. The molecule has 0 fully saturated rings. The van der Waals surface area contributed by atoms with Crippen LogP contribution in [-0.4, -0.2) is 43.4 Å². The van der Waals surface area contributed by atoms with Gasteiger partial charge in [-0.2, -0.15) is 13.2 Å². The van der Waals surface area contributed by atoms with E-state index in [1.54, 1.807) is 0 Å². The van der Waals surface area contributed by atoms with Crippen LogP contribution < -0.4 is 5.73 Å². The maximum atomic E-state index is 13.3. The molecular formula is C23H20F3N3O4S. The monoisotopic (exact) mass is 491 g/mol. The summed E-state index contributed by atoms with van der Waals surface area (Å²) < 4.78 is 70.4. The number of rotatable bonds is 5. The Labute approximate surface area is 194 Å². The summed E-state index contributed by atoms with van der Waals surface area (Å²) in [6, 6.07) is 9.41. The molecule has 0 amide bonds. The van der Waals surface area contributed by atoms with E-state index in [-0.39, 0.29) is 33.5 Å². The van der Waals surface area contributed by atoms with Crippen molar-refractivity contribution in [3.8, 4) is 23.1 Å². The lowest BCUT2D eigenvalue weighted by Crippen LogP contribution is -2.39. The highest BCUT2D eigenvalue weighted by Gasteiger charge is 2.51. The lowest BCUT2D eigenvalue weighted by molar-refractivity contribution is -0.259. The van der Waals surface area contributed by atoms with E-state index >= 15 is 0 Å². The Bertz CT molecular complexity index is 1340. The predicted octanol–water partition coefficient (Wildman–Crippen LogP) is 3.33. The highest BCUT2D eigenvalue weighted by atomic mass is 32.2. The third kappa shape index (κ3) is 5.04. The summed E-state index contributed by atoms with van der Waals surface area (Å²) in [5.41, 5.74) is 2.61. The third-order valence-corrected chi connectivity index (χ3v) is 6.70. The number of methoxy groups -OCH3 is 1. The van der Waals surface area contributed by atoms with Gasteiger partial charge in [0.05, 0.1) is 21.0 Å². The van der Waals surface area contributed by atoms with E-state index in [9.17, 15) is 26.7 Å². The van der Waals surface area contributed by atoms with Gasteiger partial charge in [0.25, 0.3) is 0 Å². The Morgan fingerprint density at radius 2 is 1.71 bits per heavy atom. The van der Waals surface area contributed by atoms with Gasteiger partial charge in [-0.1, -0.05) is 24.0 Å². The third-order valence-electron chi connectivity index (χ3n) is 4.95. The molecule has 2 heterocycles. The number of sulfone groups is 1. The summed E-state index contributed by atoms with van der Waals surface area (Å²) in [4.78, 5) is 7.82. The minimum absolute atomic E-state index is 0.0200. The van der Waals surface area contributed by atoms with Crippen LogP contribution in [0.3, 0.4) is 0 Å². The Morgan fingerprint density at radius 3 is 2.26 bits per heavy atom. The number of hydrogen-bond acceptors (Lipinski definition) is 7. The van der Waals surface area contributed by atoms with Crippen LogP contribution in [0.5, 0.6) is 0 Å². The van der Waals surface area contributed by atoms with E-state index in [0.717, 1.165) is 18.5 Å². The SMILES string of the molecule is COCC#Cc1cc([C@@](C)(O)C(F)(F)F)cnc1-c1ccc(S(=O)(=O)c2ccc(N)nc2)cc1. The second-order valence-corrected chi connectivity index (χ2v) is 9.32. The maximum absolute atomic E-state index is 13.3. The Kier molecular flexibility index (Phi) is 6.97. The fourth-order valence-corrected chi connectivity index (χ4v) is 4.11. The van der Waals surface area contributed by atoms with Gasteiger partial charge in [0.1, 0.15) is 12.4 Å². The van der Waals surface area contributed by atoms with Gasteiger partial charge < -0.3 is 15.6 Å². The highest BCUT2D eigenvalue weighted by molar-refractivity contribution is 7.91. The molecule has 0 aliphatic heterocycles. The van der Waals surface area contributed by atoms with Crippen molar-refractivity contribution in [3.05, 3.63) is 66.0 Å². The lowest BCUT2D eigenvalue weighted by Gasteiger charge is -2.26. The van der Waals surface area contributed by atoms with Gasteiger partial charge in [0.2, 0.25) is 9.84 Å². The largest absolute Gasteiger partial charge is 0.421 e. The van der Waals surface area contributed by atoms with Gasteiger partial charge in [-0.3, -0.25) is 4.98 Å². The zero-order chi connectivity index (χ0) is 25.1. The van der Waals surface area contributed by atoms with E-state index in [1.807, 2.05) is 0 Å². The van der Waals surface area contributed by atoms with Gasteiger partial charge in [0, 0.05) is 30.6 Å². The quantitative estimate of drug-likeness (QED) is 0.526. The van der Waals surface area contributed by atoms with E-state index in [1.165, 1.54) is 43.5 Å². The van der Waals surface area contributed by atoms with E-state index in [2.05, 4.69) is 21.8 Å². The molecule has 0 unspecified atom stereocenters. The first-order valence-electron chi connectivity index (χ1n) is 9.72. The van der Waals surface area contributed by atoms with E-state index < -0.39 is 27.2 Å². The summed E-state index contributed by atoms with van der Waals surface area (Å²) in [6.45, 7) is 0.647. The normalized spacial score (nSPS) is 13.6. The van der Waals surface area contributed by atoms with Crippen molar-refractivity contribution >= 4 is 15.7 Å². The van der Waals surface area contributed by atoms with Crippen molar-refractivity contribution in [2.75, 3.05) is 19.5 Å². The average Bonchev–Trinajstić information content (AvgIpc) is 2.79. The van der Waals surface area contributed by atoms with Crippen LogP contribution in [0.4, 0.5) is 19.0 Å². The van der Waals surface area contributed by atoms with Crippen molar-refractivity contribution in [2.45, 2.75) is 28.5 Å². The first-order chi connectivity index (χ1) is 15.9. The van der Waals surface area contributed by atoms with Crippen LogP contribution in [0, 0.1) is 11.8 Å². The second-order valence-electron chi connectivity index (χ2n) is 7.37. The van der Waals surface area contributed by atoms with Crippen molar-refractivity contribution in [1.82, 2.24) is 9.97 Å². The summed E-state index contributed by atoms with van der Waals surface area (Å²) >= 11 is 0. The number of nitrogen functional groups attached to an aromatic ring is 1. The van der Waals surface area contributed by atoms with Crippen LogP contribution in [0.15, 0.2) is 64.6 Å². The minimum atomic E-state index is -4.93. The number of halogens is 3. The van der Waals surface area contributed by atoms with Crippen molar-refractivity contribution in [1.29, 1.82) is 0 Å². The van der Waals surface area contributed by atoms with E-state index in [4.69, 9.17) is 10.5 Å². The Hall–Kier alpha value is -3.46. The number of nitrogens with two attached hydrogens (primary N) is 1. The number of hydrogen-bond donors (Lipinski definition) is 2. The molecule has 0 saturated heterocycles. The van der Waals surface area contributed by atoms with Gasteiger partial charge in [0.15, 0.2) is 5.60 Å². The fraction of sp³-hybridized carbons (Fsp3) is 0.217. The molecule has 34 heavy (non-hydrogen) atoms. The Balaban J connectivity index is 2.05. The summed E-state index contributed by atoms with van der Waals surface area (Å²) in [7, 11) is -2.45. The molecule has 0 radical (unpaired) electrons. The van der Waals surface area contributed by atoms with Crippen LogP contribution >= 0.6 is 0 Å². The summed E-state index contributed by atoms with van der Waals surface area (Å²) in [5, 5.41) is 10.0. The zero-order valence-corrected chi connectivity index (χ0v) is 18.9. The molecule has 3 N–H and O–H groups in total. The first kappa shape index (κ1) is 25.2. The second kappa shape index (κ2) is 9.42. The summed E-state index contributed by atoms with van der Waals surface area (Å²) in [5.74, 6) is 5.53. The molecule has 1 atom stereocenters. The van der Waals surface area contributed by atoms with Gasteiger partial charge in [-0.25, -0.2) is 13.4 Å². The van der Waals surface area contributed by atoms with Crippen LogP contribution in [0.2, 0.25) is 0 Å². The number of benzene rings is 1. The molecular weight excluding hydrogens is 471 g/mol. The van der Waals surface area contributed by atoms with Gasteiger partial charge >= 0.3 is 6.18 Å². The maximum Gasteiger partial charge on any atom is 0.421 e. The topological polar surface area (TPSA) is 115 Å². The number of alkyl halides is 3.